The zero-order chi connectivity index (χ0) is 22.9. The second-order valence-electron chi connectivity index (χ2n) is 8.83. The van der Waals surface area contributed by atoms with Crippen molar-refractivity contribution < 1.29 is 18.0 Å². The SMILES string of the molecule is Cc1nn(-c2ccc(C(F)(F)F)cc2)c(C)c1[C@H]1C=C[C@@H](NC(=O)NC2CCCCC2)C1. The van der Waals surface area contributed by atoms with E-state index in [9.17, 15) is 18.0 Å². The van der Waals surface area contributed by atoms with Crippen LogP contribution in [0.5, 0.6) is 0 Å². The minimum absolute atomic E-state index is 0.0585. The van der Waals surface area contributed by atoms with Crippen LogP contribution in [-0.2, 0) is 6.18 Å². The average Bonchev–Trinajstić information content (AvgIpc) is 3.31. The zero-order valence-corrected chi connectivity index (χ0v) is 18.4. The van der Waals surface area contributed by atoms with Crippen LogP contribution >= 0.6 is 0 Å². The fourth-order valence-electron chi connectivity index (χ4n) is 4.90. The molecule has 0 radical (unpaired) electrons. The van der Waals surface area contributed by atoms with Crippen molar-refractivity contribution in [3.63, 3.8) is 0 Å². The fourth-order valence-corrected chi connectivity index (χ4v) is 4.90. The molecule has 1 heterocycles. The van der Waals surface area contributed by atoms with Gasteiger partial charge in [0.1, 0.15) is 0 Å². The lowest BCUT2D eigenvalue weighted by atomic mass is 9.95. The highest BCUT2D eigenvalue weighted by atomic mass is 19.4. The Balaban J connectivity index is 1.42. The van der Waals surface area contributed by atoms with Crippen molar-refractivity contribution in [2.75, 3.05) is 0 Å². The van der Waals surface area contributed by atoms with Gasteiger partial charge in [-0.2, -0.15) is 18.3 Å². The minimum Gasteiger partial charge on any atom is -0.335 e. The number of halogens is 3. The number of hydrogen-bond donors (Lipinski definition) is 2. The number of urea groups is 1. The molecule has 5 nitrogen and oxygen atoms in total. The summed E-state index contributed by atoms with van der Waals surface area (Å²) in [4.78, 5) is 12.4. The number of allylic oxidation sites excluding steroid dienone is 1. The second-order valence-corrected chi connectivity index (χ2v) is 8.83. The van der Waals surface area contributed by atoms with Crippen molar-refractivity contribution in [2.24, 2.45) is 0 Å². The molecule has 172 valence electrons. The highest BCUT2D eigenvalue weighted by Gasteiger charge is 2.31. The predicted octanol–water partition coefficient (Wildman–Crippen LogP) is 5.55. The monoisotopic (exact) mass is 446 g/mol. The standard InChI is InChI=1S/C24H29F3N4O/c1-15-22(16(2)31(30-15)21-12-9-18(10-13-21)24(25,26)27)17-8-11-20(14-17)29-23(32)28-19-6-4-3-5-7-19/h8-13,17,19-20H,3-7,14H2,1-2H3,(H2,28,29,32)/t17-,20+/m0/s1. The summed E-state index contributed by atoms with van der Waals surface area (Å²) in [5.41, 5.74) is 2.70. The third kappa shape index (κ3) is 4.84. The number of aromatic nitrogens is 2. The van der Waals surface area contributed by atoms with Crippen LogP contribution in [0.25, 0.3) is 5.69 Å². The molecule has 0 aliphatic heterocycles. The molecule has 2 aliphatic rings. The van der Waals surface area contributed by atoms with Crippen LogP contribution in [0.2, 0.25) is 0 Å². The van der Waals surface area contributed by atoms with E-state index in [0.29, 0.717) is 5.69 Å². The van der Waals surface area contributed by atoms with Crippen LogP contribution in [0.15, 0.2) is 36.4 Å². The summed E-state index contributed by atoms with van der Waals surface area (Å²) in [6.45, 7) is 3.84. The molecule has 2 aliphatic carbocycles. The topological polar surface area (TPSA) is 59.0 Å². The number of nitrogens with zero attached hydrogens (tertiary/aromatic N) is 2. The first-order chi connectivity index (χ1) is 15.2. The van der Waals surface area contributed by atoms with Crippen molar-refractivity contribution in [3.8, 4) is 5.69 Å². The maximum atomic E-state index is 12.9. The molecule has 1 aromatic carbocycles. The Labute approximate surface area is 186 Å². The highest BCUT2D eigenvalue weighted by Crippen LogP contribution is 2.35. The highest BCUT2D eigenvalue weighted by molar-refractivity contribution is 5.75. The molecule has 0 bridgehead atoms. The number of carbonyl (C=O) groups excluding carboxylic acids is 1. The Morgan fingerprint density at radius 3 is 2.38 bits per heavy atom. The van der Waals surface area contributed by atoms with Gasteiger partial charge in [0.25, 0.3) is 0 Å². The van der Waals surface area contributed by atoms with Crippen LogP contribution in [-0.4, -0.2) is 27.9 Å². The fraction of sp³-hybridized carbons (Fsp3) is 0.500. The lowest BCUT2D eigenvalue weighted by Gasteiger charge is -2.24. The van der Waals surface area contributed by atoms with E-state index in [-0.39, 0.29) is 24.0 Å². The smallest absolute Gasteiger partial charge is 0.335 e. The van der Waals surface area contributed by atoms with E-state index in [0.717, 1.165) is 61.2 Å². The number of rotatable bonds is 4. The number of nitrogens with one attached hydrogen (secondary N) is 2. The van der Waals surface area contributed by atoms with Gasteiger partial charge < -0.3 is 10.6 Å². The van der Waals surface area contributed by atoms with E-state index >= 15 is 0 Å². The van der Waals surface area contributed by atoms with Gasteiger partial charge in [0.15, 0.2) is 0 Å². The summed E-state index contributed by atoms with van der Waals surface area (Å²) in [5, 5.41) is 10.7. The summed E-state index contributed by atoms with van der Waals surface area (Å²) in [7, 11) is 0. The number of carbonyl (C=O) groups is 1. The van der Waals surface area contributed by atoms with Crippen molar-refractivity contribution in [3.05, 3.63) is 58.9 Å². The van der Waals surface area contributed by atoms with Gasteiger partial charge in [-0.15, -0.1) is 0 Å². The minimum atomic E-state index is -4.36. The van der Waals surface area contributed by atoms with E-state index in [1.54, 1.807) is 4.68 Å². The summed E-state index contributed by atoms with van der Waals surface area (Å²) < 4.78 is 40.3. The molecule has 0 saturated heterocycles. The summed E-state index contributed by atoms with van der Waals surface area (Å²) >= 11 is 0. The largest absolute Gasteiger partial charge is 0.416 e. The Hall–Kier alpha value is -2.77. The van der Waals surface area contributed by atoms with Gasteiger partial charge in [0.2, 0.25) is 0 Å². The number of hydrogen-bond acceptors (Lipinski definition) is 2. The molecule has 0 unspecified atom stereocenters. The van der Waals surface area contributed by atoms with E-state index in [1.807, 2.05) is 19.9 Å². The van der Waals surface area contributed by atoms with Gasteiger partial charge >= 0.3 is 12.2 Å². The Bertz CT molecular complexity index is 988. The van der Waals surface area contributed by atoms with Crippen molar-refractivity contribution in [1.29, 1.82) is 0 Å². The molecule has 4 rings (SSSR count). The van der Waals surface area contributed by atoms with Gasteiger partial charge in [-0.3, -0.25) is 0 Å². The first-order valence-electron chi connectivity index (χ1n) is 11.2. The third-order valence-corrected chi connectivity index (χ3v) is 6.50. The van der Waals surface area contributed by atoms with E-state index in [2.05, 4.69) is 21.8 Å². The van der Waals surface area contributed by atoms with E-state index < -0.39 is 11.7 Å². The maximum Gasteiger partial charge on any atom is 0.416 e. The number of benzene rings is 1. The van der Waals surface area contributed by atoms with Gasteiger partial charge in [-0.1, -0.05) is 31.4 Å². The molecular formula is C24H29F3N4O. The van der Waals surface area contributed by atoms with Crippen molar-refractivity contribution in [1.82, 2.24) is 20.4 Å². The van der Waals surface area contributed by atoms with Gasteiger partial charge in [-0.25, -0.2) is 9.48 Å². The Morgan fingerprint density at radius 1 is 1.03 bits per heavy atom. The number of aryl methyl sites for hydroxylation is 1. The second kappa shape index (κ2) is 9.00. The predicted molar refractivity (Wildman–Crippen MR) is 117 cm³/mol. The molecular weight excluding hydrogens is 417 g/mol. The molecule has 1 fully saturated rings. The van der Waals surface area contributed by atoms with Crippen LogP contribution in [0.4, 0.5) is 18.0 Å². The molecule has 1 aromatic heterocycles. The lowest BCUT2D eigenvalue weighted by Crippen LogP contribution is -2.46. The molecule has 0 spiro atoms. The van der Waals surface area contributed by atoms with Crippen LogP contribution in [0.3, 0.4) is 0 Å². The van der Waals surface area contributed by atoms with E-state index in [1.165, 1.54) is 18.6 Å². The zero-order valence-electron chi connectivity index (χ0n) is 18.4. The molecule has 8 heteroatoms. The number of alkyl halides is 3. The molecule has 2 amide bonds. The van der Waals surface area contributed by atoms with Crippen LogP contribution in [0.1, 0.15) is 67.0 Å². The van der Waals surface area contributed by atoms with Crippen molar-refractivity contribution in [2.45, 2.75) is 76.6 Å². The molecule has 32 heavy (non-hydrogen) atoms. The van der Waals surface area contributed by atoms with Gasteiger partial charge in [0.05, 0.1) is 16.9 Å². The van der Waals surface area contributed by atoms with Gasteiger partial charge in [0, 0.05) is 29.3 Å². The summed E-state index contributed by atoms with van der Waals surface area (Å²) in [6.07, 6.45) is 6.12. The maximum absolute atomic E-state index is 12.9. The van der Waals surface area contributed by atoms with Crippen LogP contribution < -0.4 is 10.6 Å². The first-order valence-corrected chi connectivity index (χ1v) is 11.2. The normalized spacial score (nSPS) is 21.7. The molecule has 2 N–H and O–H groups in total. The lowest BCUT2D eigenvalue weighted by molar-refractivity contribution is -0.137. The quantitative estimate of drug-likeness (QED) is 0.605. The van der Waals surface area contributed by atoms with E-state index in [4.69, 9.17) is 0 Å². The van der Waals surface area contributed by atoms with Crippen LogP contribution in [0, 0.1) is 13.8 Å². The number of amides is 2. The van der Waals surface area contributed by atoms with Gasteiger partial charge in [-0.05, 0) is 57.4 Å². The Kier molecular flexibility index (Phi) is 6.31. The first kappa shape index (κ1) is 22.4. The average molecular weight is 447 g/mol. The summed E-state index contributed by atoms with van der Waals surface area (Å²) in [5.74, 6) is 0.0955. The van der Waals surface area contributed by atoms with Crippen molar-refractivity contribution >= 4 is 6.03 Å². The molecule has 1 saturated carbocycles. The third-order valence-electron chi connectivity index (χ3n) is 6.50. The molecule has 2 aromatic rings. The molecule has 2 atom stereocenters. The Morgan fingerprint density at radius 2 is 1.72 bits per heavy atom. The summed E-state index contributed by atoms with van der Waals surface area (Å²) in [6, 6.07) is 5.11.